The number of rotatable bonds is 30. The molecular formula is C105H130Cl5N5O5. The molecule has 0 saturated carbocycles. The second-order valence-corrected chi connectivity index (χ2v) is 29.0. The summed E-state index contributed by atoms with van der Waals surface area (Å²) >= 11 is 29.9. The van der Waals surface area contributed by atoms with Crippen molar-refractivity contribution in [1.29, 1.82) is 0 Å². The zero-order valence-corrected chi connectivity index (χ0v) is 67.9. The van der Waals surface area contributed by atoms with Gasteiger partial charge in [0, 0.05) is 166 Å². The third-order valence-electron chi connectivity index (χ3n) is 18.9. The lowest BCUT2D eigenvalue weighted by molar-refractivity contribution is -0.0119. The van der Waals surface area contributed by atoms with Crippen molar-refractivity contribution in [1.82, 2.24) is 24.5 Å². The average molecular weight is 1780 g/mol. The van der Waals surface area contributed by atoms with Gasteiger partial charge in [-0.1, -0.05) is 270 Å². The zero-order valence-electron chi connectivity index (χ0n) is 129. The first-order chi connectivity index (χ1) is 83.3. The van der Waals surface area contributed by atoms with Crippen LogP contribution in [0, 0.1) is 0 Å². The van der Waals surface area contributed by atoms with Crippen LogP contribution in [0.15, 0.2) is 273 Å². The second kappa shape index (κ2) is 46.3. The summed E-state index contributed by atoms with van der Waals surface area (Å²) in [5.74, 6) is 0. The zero-order chi connectivity index (χ0) is 141. The standard InChI is InChI=1S/5C21H26ClNO/c5*1-21(17-7-4-3-5-8-17,18-10-12-19(22)13-11-18)24-16-14-20-9-6-15-23(20)2/h5*3-5,7-8,10-13,20H,6,9,14-16H2,1-2H3/t5*20-,21-/m11111/s1/i1D3,2D3,6D2,9D2,14D2,15D2,16D2,20D;1D3,2D3,6D2,9D2,15D2,16D2,20D;1D3,2D3,6D2,9D2,14D2,15D2,20D;1D3,2D3,14D2,16D2;1D3,2D3,16D2. The number of ether oxygens (including phenoxy) is 5. The Morgan fingerprint density at radius 3 is 0.908 bits per heavy atom. The van der Waals surface area contributed by atoms with E-state index in [4.69, 9.17) is 171 Å². The SMILES string of the molecule is [2H]C([2H])(C[C@H]1CCCN1C([2H])([2H])[2H])O[C@](c1ccccc1)(c1ccc(Cl)cc1)C([2H])([2H])[2H].[2H]C([2H])(C[C@]1([2H])N(C([2H])([2H])[2H])C([2H])([2H])C([2H])([2H])C1([2H])[2H])O[C@](c1ccccc1)(c1ccc(Cl)cc1)C([2H])([2H])[2H].[2H]C([2H])([2H])N1C([2H])([2H])C([2H])([2H])C([2H])([2H])[C@]1([2H])C([2H])([2H])C([2H])([2H])O[C@](c1ccccc1)(c1ccc(Cl)cc1)C([2H])([2H])[2H].[2H]C([2H])([2H])N1C([2H])([2H])C([2H])([2H])C([2H])([2H])[C@]1([2H])C([2H])([2H])CO[C@](c1ccccc1)(c1ccc(Cl)cc1)C([2H])([2H])[2H].[2H]C([2H])([2H])N1CCC[C@@H]1C([2H])([2H])C([2H])([2H])O[C@](c1ccccc1)(c1ccc(Cl)cc1)C([2H])([2H])[2H]. The fourth-order valence-electron chi connectivity index (χ4n) is 12.3. The first kappa shape index (κ1) is 40.3. The number of hydrogen-bond donors (Lipinski definition) is 0. The monoisotopic (exact) mass is 1780 g/mol. The quantitative estimate of drug-likeness (QED) is 0.0435. The molecule has 5 saturated heterocycles. The number of benzene rings is 10. The summed E-state index contributed by atoms with van der Waals surface area (Å²) in [5.41, 5.74) is -12.4. The molecule has 120 heavy (non-hydrogen) atoms. The largest absolute Gasteiger partial charge is 0.366 e. The van der Waals surface area contributed by atoms with Crippen LogP contribution in [-0.2, 0) is 51.7 Å². The van der Waals surface area contributed by atoms with Crippen molar-refractivity contribution >= 4 is 58.0 Å². The minimum atomic E-state index is -4.27. The molecule has 10 aromatic carbocycles. The van der Waals surface area contributed by atoms with E-state index in [1.165, 1.54) is 217 Å². The van der Waals surface area contributed by atoms with Crippen LogP contribution in [0.3, 0.4) is 0 Å². The Hall–Kier alpha value is -6.75. The first-order valence-electron chi connectivity index (χ1n) is 69.8. The molecule has 0 radical (unpaired) electrons. The molecule has 0 amide bonds. The van der Waals surface area contributed by atoms with Crippen LogP contribution in [0.25, 0.3) is 0 Å². The molecule has 5 fully saturated rings. The predicted molar refractivity (Wildman–Crippen MR) is 503 cm³/mol. The van der Waals surface area contributed by atoms with Crippen molar-refractivity contribution < 1.29 is 113 Å². The highest BCUT2D eigenvalue weighted by atomic mass is 35.5. The van der Waals surface area contributed by atoms with E-state index < -0.39 is 253 Å². The molecule has 0 bridgehead atoms. The number of likely N-dealkylation sites (tertiary alicyclic amines) is 5. The number of halogens is 5. The van der Waals surface area contributed by atoms with Crippen molar-refractivity contribution in [2.24, 2.45) is 0 Å². The lowest BCUT2D eigenvalue weighted by Gasteiger charge is -2.32. The van der Waals surface area contributed by atoms with Crippen molar-refractivity contribution in [2.45, 2.75) is 188 Å². The molecule has 5 aliphatic heterocycles. The molecule has 0 unspecified atom stereocenters. The molecule has 0 spiro atoms. The highest BCUT2D eigenvalue weighted by Gasteiger charge is 2.37. The van der Waals surface area contributed by atoms with E-state index in [0.717, 1.165) is 4.90 Å². The third kappa shape index (κ3) is 26.0. The van der Waals surface area contributed by atoms with Crippen LogP contribution < -0.4 is 0 Å². The van der Waals surface area contributed by atoms with E-state index in [-0.39, 0.29) is 95.0 Å². The van der Waals surface area contributed by atoms with E-state index in [0.29, 0.717) is 35.9 Å². The van der Waals surface area contributed by atoms with E-state index in [9.17, 15) is 0 Å². The Balaban J connectivity index is 0.000000215. The lowest BCUT2D eigenvalue weighted by atomic mass is 9.88. The molecule has 10 aromatic rings. The van der Waals surface area contributed by atoms with Crippen molar-refractivity contribution in [3.8, 4) is 0 Å². The first-order valence-corrected chi connectivity index (χ1v) is 39.2. The van der Waals surface area contributed by atoms with E-state index in [1.807, 2.05) is 0 Å². The van der Waals surface area contributed by atoms with Gasteiger partial charge in [-0.15, -0.1) is 0 Å². The topological polar surface area (TPSA) is 62.3 Å². The van der Waals surface area contributed by atoms with E-state index >= 15 is 0 Å². The van der Waals surface area contributed by atoms with Gasteiger partial charge >= 0.3 is 0 Å². The summed E-state index contributed by atoms with van der Waals surface area (Å²) in [6.45, 7) is -56.7. The summed E-state index contributed by atoms with van der Waals surface area (Å²) in [5, 5.41) is 1.37. The van der Waals surface area contributed by atoms with Crippen LogP contribution in [0.4, 0.5) is 0 Å². The molecule has 0 N–H and O–H groups in total. The summed E-state index contributed by atoms with van der Waals surface area (Å²) < 4.78 is 566. The molecule has 10 nitrogen and oxygen atoms in total. The van der Waals surface area contributed by atoms with Gasteiger partial charge in [0.15, 0.2) is 0 Å². The molecule has 15 rings (SSSR count). The minimum Gasteiger partial charge on any atom is -0.366 e. The Bertz CT molecular complexity index is 7550. The van der Waals surface area contributed by atoms with Crippen LogP contribution in [0.2, 0.25) is 25.1 Å². The molecule has 0 aliphatic carbocycles. The fourth-order valence-corrected chi connectivity index (χ4v) is 13.0. The van der Waals surface area contributed by atoms with Gasteiger partial charge in [-0.25, -0.2) is 0 Å². The molecule has 640 valence electrons. The Morgan fingerprint density at radius 2 is 0.575 bits per heavy atom. The molecule has 5 heterocycles. The van der Waals surface area contributed by atoms with Crippen molar-refractivity contribution in [2.75, 3.05) is 100 Å². The van der Waals surface area contributed by atoms with Gasteiger partial charge in [0.2, 0.25) is 0 Å². The molecule has 5 aliphatic rings. The Morgan fingerprint density at radius 1 is 0.308 bits per heavy atom. The highest BCUT2D eigenvalue weighted by Crippen LogP contribution is 2.41. The van der Waals surface area contributed by atoms with Gasteiger partial charge < -0.3 is 48.2 Å². The van der Waals surface area contributed by atoms with Crippen LogP contribution >= 0.6 is 58.0 Å². The normalized spacial score (nSPS) is 36.4. The third-order valence-corrected chi connectivity index (χ3v) is 20.2. The average Bonchev–Trinajstić information content (AvgIpc) is 1.48. The summed E-state index contributed by atoms with van der Waals surface area (Å²) in [6.07, 6.45) is -33.5. The lowest BCUT2D eigenvalue weighted by Crippen LogP contribution is -2.31. The molecular weight excluding hydrogens is 1590 g/mol. The Labute approximate surface area is 836 Å². The van der Waals surface area contributed by atoms with E-state index in [1.54, 1.807) is 60.7 Å². The molecule has 10 atom stereocenters. The Kier molecular flexibility index (Phi) is 15.5. The van der Waals surface area contributed by atoms with Crippen LogP contribution in [-0.4, -0.2) is 155 Å². The number of nitrogens with zero attached hydrogens (tertiary/aromatic N) is 5. The van der Waals surface area contributed by atoms with E-state index in [2.05, 4.69) is 0 Å². The summed E-state index contributed by atoms with van der Waals surface area (Å²) in [7, 11) is 0. The van der Waals surface area contributed by atoms with Crippen molar-refractivity contribution in [3.63, 3.8) is 0 Å². The molecule has 15 heteroatoms. The fraction of sp³-hybridized carbons (Fsp3) is 0.429. The van der Waals surface area contributed by atoms with Crippen LogP contribution in [0.1, 0.15) is 275 Å². The second-order valence-electron chi connectivity index (χ2n) is 26.9. The highest BCUT2D eigenvalue weighted by molar-refractivity contribution is 6.31. The summed E-state index contributed by atoms with van der Waals surface area (Å²) in [4.78, 5) is 0.788. The maximum Gasteiger partial charge on any atom is 0.115 e. The summed E-state index contributed by atoms with van der Waals surface area (Å²) in [6, 6.07) is 51.4. The number of hydrogen-bond acceptors (Lipinski definition) is 10. The van der Waals surface area contributed by atoms with Gasteiger partial charge in [0.1, 0.15) is 28.0 Å². The van der Waals surface area contributed by atoms with Gasteiger partial charge in [0.05, 0.1) is 11.0 Å². The minimum absolute atomic E-state index is 0.0132. The smallest absolute Gasteiger partial charge is 0.115 e. The van der Waals surface area contributed by atoms with Crippen molar-refractivity contribution in [3.05, 3.63) is 354 Å². The van der Waals surface area contributed by atoms with Gasteiger partial charge in [0.25, 0.3) is 0 Å². The van der Waals surface area contributed by atoms with Gasteiger partial charge in [-0.2, -0.15) is 0 Å². The maximum absolute atomic E-state index is 8.82. The molecule has 0 aromatic heterocycles. The van der Waals surface area contributed by atoms with Crippen LogP contribution in [0.5, 0.6) is 0 Å². The maximum atomic E-state index is 8.82. The van der Waals surface area contributed by atoms with Gasteiger partial charge in [-0.3, -0.25) is 0 Å². The van der Waals surface area contributed by atoms with Gasteiger partial charge in [-0.05, 0) is 314 Å². The predicted octanol–water partition coefficient (Wildman–Crippen LogP) is 25.5.